The van der Waals surface area contributed by atoms with E-state index in [4.69, 9.17) is 4.74 Å². The molecule has 156 valence electrons. The molecule has 2 amide bonds. The monoisotopic (exact) mass is 398 g/mol. The number of hydrogen-bond donors (Lipinski definition) is 1. The summed E-state index contributed by atoms with van der Waals surface area (Å²) >= 11 is 0. The Morgan fingerprint density at radius 2 is 2.00 bits per heavy atom. The van der Waals surface area contributed by atoms with E-state index in [0.29, 0.717) is 25.9 Å². The van der Waals surface area contributed by atoms with E-state index in [1.165, 1.54) is 10.5 Å². The van der Waals surface area contributed by atoms with E-state index in [-0.39, 0.29) is 5.91 Å². The van der Waals surface area contributed by atoms with Gasteiger partial charge in [-0.1, -0.05) is 30.3 Å². The Morgan fingerprint density at radius 3 is 2.72 bits per heavy atom. The zero-order chi connectivity index (χ0) is 20.9. The molecule has 0 bridgehead atoms. The van der Waals surface area contributed by atoms with Crippen LogP contribution in [0.2, 0.25) is 0 Å². The summed E-state index contributed by atoms with van der Waals surface area (Å²) in [7, 11) is 0. The Labute approximate surface area is 172 Å². The van der Waals surface area contributed by atoms with Crippen molar-refractivity contribution in [1.82, 2.24) is 19.8 Å². The molecular formula is C22H30N4O3. The highest BCUT2D eigenvalue weighted by Gasteiger charge is 2.36. The summed E-state index contributed by atoms with van der Waals surface area (Å²) in [6.45, 7) is 7.26. The lowest BCUT2D eigenvalue weighted by Gasteiger charge is -2.28. The van der Waals surface area contributed by atoms with Crippen molar-refractivity contribution >= 4 is 12.0 Å². The molecular weight excluding hydrogens is 368 g/mol. The number of ether oxygens (including phenoxy) is 1. The fraction of sp³-hybridized carbons (Fsp3) is 0.500. The van der Waals surface area contributed by atoms with Crippen LogP contribution in [0.25, 0.3) is 0 Å². The van der Waals surface area contributed by atoms with Gasteiger partial charge in [-0.05, 0) is 39.2 Å². The van der Waals surface area contributed by atoms with Crippen LogP contribution in [0.5, 0.6) is 0 Å². The predicted octanol–water partition coefficient (Wildman–Crippen LogP) is 2.99. The number of nitrogens with one attached hydrogen (secondary N) is 1. The van der Waals surface area contributed by atoms with Crippen LogP contribution < -0.4 is 5.32 Å². The first-order chi connectivity index (χ1) is 13.8. The molecule has 1 fully saturated rings. The van der Waals surface area contributed by atoms with Gasteiger partial charge in [0, 0.05) is 38.4 Å². The minimum absolute atomic E-state index is 0.130. The van der Waals surface area contributed by atoms with Gasteiger partial charge in [-0.3, -0.25) is 9.69 Å². The lowest BCUT2D eigenvalue weighted by Crippen LogP contribution is -2.47. The number of likely N-dealkylation sites (tertiary alicyclic amines) is 1. The Kier molecular flexibility index (Phi) is 6.56. The van der Waals surface area contributed by atoms with E-state index in [9.17, 15) is 9.59 Å². The zero-order valence-corrected chi connectivity index (χ0v) is 17.4. The van der Waals surface area contributed by atoms with Crippen LogP contribution in [-0.4, -0.2) is 51.2 Å². The third kappa shape index (κ3) is 5.82. The number of imidazole rings is 1. The molecule has 1 aromatic heterocycles. The smallest absolute Gasteiger partial charge is 0.410 e. The van der Waals surface area contributed by atoms with Crippen molar-refractivity contribution in [3.05, 3.63) is 54.1 Å². The van der Waals surface area contributed by atoms with Gasteiger partial charge in [0.25, 0.3) is 0 Å². The van der Waals surface area contributed by atoms with Gasteiger partial charge in [-0.25, -0.2) is 9.78 Å². The largest absolute Gasteiger partial charge is 0.444 e. The maximum atomic E-state index is 12.6. The molecule has 3 rings (SSSR count). The molecule has 1 atom stereocenters. The van der Waals surface area contributed by atoms with Crippen LogP contribution in [0.3, 0.4) is 0 Å². The Bertz CT molecular complexity index is 826. The molecule has 0 saturated carbocycles. The topological polar surface area (TPSA) is 76.5 Å². The number of nitrogens with zero attached hydrogens (tertiary/aromatic N) is 3. The van der Waals surface area contributed by atoms with E-state index in [0.717, 1.165) is 18.8 Å². The minimum Gasteiger partial charge on any atom is -0.444 e. The van der Waals surface area contributed by atoms with Gasteiger partial charge in [-0.15, -0.1) is 0 Å². The Balaban J connectivity index is 1.51. The molecule has 7 heteroatoms. The number of carbonyl (C=O) groups is 2. The lowest BCUT2D eigenvalue weighted by molar-refractivity contribution is -0.125. The average molecular weight is 399 g/mol. The SMILES string of the molecule is CC(C)(C)OC(=O)N1CCCC1C(=O)NCCc1nccn1Cc1ccccc1. The van der Waals surface area contributed by atoms with Crippen LogP contribution in [0.15, 0.2) is 42.7 Å². The summed E-state index contributed by atoms with van der Waals surface area (Å²) in [4.78, 5) is 31.0. The van der Waals surface area contributed by atoms with Crippen LogP contribution in [0, 0.1) is 0 Å². The van der Waals surface area contributed by atoms with E-state index in [2.05, 4.69) is 27.0 Å². The molecule has 2 aromatic rings. The first kappa shape index (κ1) is 20.9. The van der Waals surface area contributed by atoms with Crippen molar-refractivity contribution in [2.24, 2.45) is 0 Å². The predicted molar refractivity (Wildman–Crippen MR) is 110 cm³/mol. The summed E-state index contributed by atoms with van der Waals surface area (Å²) in [5, 5.41) is 2.96. The van der Waals surface area contributed by atoms with Crippen molar-refractivity contribution in [3.63, 3.8) is 0 Å². The van der Waals surface area contributed by atoms with Gasteiger partial charge in [0.2, 0.25) is 5.91 Å². The lowest BCUT2D eigenvalue weighted by atomic mass is 10.2. The average Bonchev–Trinajstić information content (AvgIpc) is 3.31. The molecule has 7 nitrogen and oxygen atoms in total. The van der Waals surface area contributed by atoms with Gasteiger partial charge in [0.05, 0.1) is 0 Å². The van der Waals surface area contributed by atoms with Gasteiger partial charge in [-0.2, -0.15) is 0 Å². The normalized spacial score (nSPS) is 16.7. The molecule has 1 aromatic carbocycles. The summed E-state index contributed by atoms with van der Waals surface area (Å²) < 4.78 is 7.52. The molecule has 0 spiro atoms. The second kappa shape index (κ2) is 9.11. The molecule has 1 N–H and O–H groups in total. The minimum atomic E-state index is -0.573. The van der Waals surface area contributed by atoms with Crippen molar-refractivity contribution in [2.75, 3.05) is 13.1 Å². The first-order valence-corrected chi connectivity index (χ1v) is 10.1. The molecule has 0 radical (unpaired) electrons. The number of amides is 2. The maximum Gasteiger partial charge on any atom is 0.410 e. The highest BCUT2D eigenvalue weighted by atomic mass is 16.6. The summed E-state index contributed by atoms with van der Waals surface area (Å²) in [6, 6.07) is 9.73. The second-order valence-corrected chi connectivity index (χ2v) is 8.33. The van der Waals surface area contributed by atoms with E-state index in [1.54, 1.807) is 6.20 Å². The van der Waals surface area contributed by atoms with Crippen molar-refractivity contribution in [1.29, 1.82) is 0 Å². The van der Waals surface area contributed by atoms with Crippen LogP contribution >= 0.6 is 0 Å². The van der Waals surface area contributed by atoms with Crippen molar-refractivity contribution < 1.29 is 14.3 Å². The summed E-state index contributed by atoms with van der Waals surface area (Å²) in [6.07, 6.45) is 5.40. The first-order valence-electron chi connectivity index (χ1n) is 10.1. The van der Waals surface area contributed by atoms with Gasteiger partial charge in [0.15, 0.2) is 0 Å². The van der Waals surface area contributed by atoms with Crippen LogP contribution in [0.4, 0.5) is 4.79 Å². The molecule has 1 saturated heterocycles. The molecule has 1 unspecified atom stereocenters. The number of benzene rings is 1. The third-order valence-corrected chi connectivity index (χ3v) is 4.83. The second-order valence-electron chi connectivity index (χ2n) is 8.33. The molecule has 1 aliphatic rings. The molecule has 2 heterocycles. The fourth-order valence-corrected chi connectivity index (χ4v) is 3.49. The van der Waals surface area contributed by atoms with E-state index < -0.39 is 17.7 Å². The van der Waals surface area contributed by atoms with Crippen molar-refractivity contribution in [3.8, 4) is 0 Å². The summed E-state index contributed by atoms with van der Waals surface area (Å²) in [5.74, 6) is 0.791. The number of rotatable bonds is 6. The Morgan fingerprint density at radius 1 is 1.24 bits per heavy atom. The maximum absolute atomic E-state index is 12.6. The van der Waals surface area contributed by atoms with Gasteiger partial charge < -0.3 is 14.6 Å². The van der Waals surface area contributed by atoms with E-state index >= 15 is 0 Å². The standard InChI is InChI=1S/C22H30N4O3/c1-22(2,3)29-21(28)26-14-7-10-18(26)20(27)24-12-11-19-23-13-15-25(19)16-17-8-5-4-6-9-17/h4-6,8-9,13,15,18H,7,10-12,14,16H2,1-3H3,(H,24,27). The van der Waals surface area contributed by atoms with E-state index in [1.807, 2.05) is 45.2 Å². The Hall–Kier alpha value is -2.83. The number of hydrogen-bond acceptors (Lipinski definition) is 4. The van der Waals surface area contributed by atoms with Crippen molar-refractivity contribution in [2.45, 2.75) is 58.2 Å². The van der Waals surface area contributed by atoms with Gasteiger partial charge in [0.1, 0.15) is 17.5 Å². The number of aromatic nitrogens is 2. The highest BCUT2D eigenvalue weighted by molar-refractivity contribution is 5.86. The molecule has 1 aliphatic heterocycles. The quantitative estimate of drug-likeness (QED) is 0.812. The molecule has 29 heavy (non-hydrogen) atoms. The fourth-order valence-electron chi connectivity index (χ4n) is 3.49. The van der Waals surface area contributed by atoms with Crippen LogP contribution in [-0.2, 0) is 22.5 Å². The van der Waals surface area contributed by atoms with Gasteiger partial charge >= 0.3 is 6.09 Å². The third-order valence-electron chi connectivity index (χ3n) is 4.83. The van der Waals surface area contributed by atoms with Crippen LogP contribution in [0.1, 0.15) is 45.0 Å². The number of carbonyl (C=O) groups excluding carboxylic acids is 2. The highest BCUT2D eigenvalue weighted by Crippen LogP contribution is 2.21. The summed E-state index contributed by atoms with van der Waals surface area (Å²) in [5.41, 5.74) is 0.631. The zero-order valence-electron chi connectivity index (χ0n) is 17.4. The molecule has 0 aliphatic carbocycles.